The van der Waals surface area contributed by atoms with Gasteiger partial charge in [0.15, 0.2) is 0 Å². The fourth-order valence-electron chi connectivity index (χ4n) is 3.17. The second kappa shape index (κ2) is 18.5. The highest BCUT2D eigenvalue weighted by Crippen LogP contribution is 2.42. The lowest BCUT2D eigenvalue weighted by molar-refractivity contribution is 0.0834. The third-order valence-electron chi connectivity index (χ3n) is 4.94. The molecule has 0 fully saturated rings. The quantitative estimate of drug-likeness (QED) is 0.121. The number of unbranched alkanes of at least 4 members (excludes halogenated alkanes) is 8. The summed E-state index contributed by atoms with van der Waals surface area (Å²) < 4.78 is 27.0. The van der Waals surface area contributed by atoms with Crippen molar-refractivity contribution in [1.29, 1.82) is 0 Å². The number of carbonyl (C=O) groups is 1. The number of nitrogens with zero attached hydrogens (tertiary/aromatic N) is 1. The van der Waals surface area contributed by atoms with Crippen LogP contribution in [0.25, 0.3) is 0 Å². The summed E-state index contributed by atoms with van der Waals surface area (Å²) in [5.74, 6) is 0. The molecule has 1 aromatic rings. The van der Waals surface area contributed by atoms with Crippen molar-refractivity contribution in [2.24, 2.45) is 0 Å². The molecule has 9 heteroatoms. The molecule has 0 spiro atoms. The number of alkyl halides is 1. The number of phosphoric acid groups is 1. The van der Waals surface area contributed by atoms with Gasteiger partial charge in [-0.3, -0.25) is 9.05 Å². The Kier molecular flexibility index (Phi) is 16.8. The molecule has 0 aliphatic carbocycles. The van der Waals surface area contributed by atoms with E-state index in [0.717, 1.165) is 24.8 Å². The van der Waals surface area contributed by atoms with E-state index >= 15 is 0 Å². The topological polar surface area (TPSA) is 85.3 Å². The monoisotopic (exact) mass is 535 g/mol. The molecule has 0 radical (unpaired) electrons. The van der Waals surface area contributed by atoms with Crippen LogP contribution in [0.2, 0.25) is 0 Å². The molecule has 184 valence electrons. The maximum Gasteiger partial charge on any atom is 0.472 e. The zero-order valence-electron chi connectivity index (χ0n) is 19.3. The van der Waals surface area contributed by atoms with Gasteiger partial charge in [-0.2, -0.15) is 0 Å². The summed E-state index contributed by atoms with van der Waals surface area (Å²) in [6.45, 7) is 3.04. The minimum absolute atomic E-state index is 0.0645. The first-order chi connectivity index (χ1) is 15.5. The highest BCUT2D eigenvalue weighted by Gasteiger charge is 2.22. The molecule has 1 N–H and O–H groups in total. The smallest absolute Gasteiger partial charge is 0.445 e. The molecular weight excluding hydrogens is 497 g/mol. The van der Waals surface area contributed by atoms with Crippen LogP contribution < -0.4 is 0 Å². The molecule has 0 aromatic heterocycles. The largest absolute Gasteiger partial charge is 0.472 e. The van der Waals surface area contributed by atoms with Crippen LogP contribution in [0.3, 0.4) is 0 Å². The summed E-state index contributed by atoms with van der Waals surface area (Å²) in [5, 5.41) is 0.428. The summed E-state index contributed by atoms with van der Waals surface area (Å²) >= 11 is 3.13. The lowest BCUT2D eigenvalue weighted by Gasteiger charge is -2.22. The molecule has 0 saturated carbocycles. The zero-order valence-corrected chi connectivity index (χ0v) is 21.7. The van der Waals surface area contributed by atoms with E-state index in [9.17, 15) is 14.3 Å². The molecule has 1 unspecified atom stereocenters. The van der Waals surface area contributed by atoms with E-state index < -0.39 is 13.9 Å². The van der Waals surface area contributed by atoms with E-state index in [0.29, 0.717) is 11.9 Å². The Morgan fingerprint density at radius 3 is 2.16 bits per heavy atom. The third-order valence-corrected chi connectivity index (χ3v) is 6.28. The molecule has 0 heterocycles. The average Bonchev–Trinajstić information content (AvgIpc) is 2.79. The number of hydrogen-bond acceptors (Lipinski definition) is 5. The zero-order chi connectivity index (χ0) is 23.5. The van der Waals surface area contributed by atoms with Crippen molar-refractivity contribution in [3.05, 3.63) is 35.9 Å². The summed E-state index contributed by atoms with van der Waals surface area (Å²) in [5.41, 5.74) is 0.906. The minimum Gasteiger partial charge on any atom is -0.445 e. The Morgan fingerprint density at radius 1 is 0.938 bits per heavy atom. The molecule has 0 aliphatic heterocycles. The van der Waals surface area contributed by atoms with Crippen LogP contribution in [0.1, 0.15) is 70.3 Å². The molecule has 7 nitrogen and oxygen atoms in total. The number of ether oxygens (including phenoxy) is 1. The summed E-state index contributed by atoms with van der Waals surface area (Å²) in [4.78, 5) is 23.8. The van der Waals surface area contributed by atoms with Gasteiger partial charge in [0.1, 0.15) is 6.61 Å². The highest BCUT2D eigenvalue weighted by atomic mass is 79.9. The first-order valence-corrected chi connectivity index (χ1v) is 14.2. The molecule has 32 heavy (non-hydrogen) atoms. The maximum absolute atomic E-state index is 12.6. The maximum atomic E-state index is 12.6. The molecular formula is C23H39BrNO6P. The molecule has 1 amide bonds. The summed E-state index contributed by atoms with van der Waals surface area (Å²) in [6.07, 6.45) is 10.2. The van der Waals surface area contributed by atoms with E-state index in [4.69, 9.17) is 13.8 Å². The number of halogens is 1. The standard InChI is InChI=1S/C23H39BrNO6P/c1-2-3-4-5-6-7-8-9-13-17-25(18-20-31-32(27,28)30-19-16-24)23(26)29-21-22-14-11-10-12-15-22/h10-12,14-15H,2-9,13,16-21H2,1H3,(H,27,28). The van der Waals surface area contributed by atoms with Crippen molar-refractivity contribution in [3.8, 4) is 0 Å². The van der Waals surface area contributed by atoms with Crippen molar-refractivity contribution >= 4 is 29.8 Å². The molecule has 0 saturated heterocycles. The average molecular weight is 536 g/mol. The molecule has 1 aromatic carbocycles. The highest BCUT2D eigenvalue weighted by molar-refractivity contribution is 9.09. The first-order valence-electron chi connectivity index (χ1n) is 11.6. The van der Waals surface area contributed by atoms with Crippen molar-refractivity contribution in [2.75, 3.05) is 31.6 Å². The van der Waals surface area contributed by atoms with Gasteiger partial charge >= 0.3 is 13.9 Å². The molecule has 1 rings (SSSR count). The summed E-state index contributed by atoms with van der Waals surface area (Å²) in [7, 11) is -4.12. The number of amides is 1. The number of benzene rings is 1. The van der Waals surface area contributed by atoms with Gasteiger partial charge in [0.25, 0.3) is 0 Å². The SMILES string of the molecule is CCCCCCCCCCCN(CCOP(=O)(O)OCCBr)C(=O)OCc1ccccc1. The second-order valence-electron chi connectivity index (χ2n) is 7.68. The van der Waals surface area contributed by atoms with E-state index in [2.05, 4.69) is 22.9 Å². The van der Waals surface area contributed by atoms with Crippen LogP contribution in [0, 0.1) is 0 Å². The van der Waals surface area contributed by atoms with Crippen LogP contribution in [-0.4, -0.2) is 47.5 Å². The lowest BCUT2D eigenvalue weighted by atomic mass is 10.1. The van der Waals surface area contributed by atoms with Crippen LogP contribution in [0.4, 0.5) is 4.79 Å². The fourth-order valence-corrected chi connectivity index (χ4v) is 4.29. The molecule has 0 bridgehead atoms. The van der Waals surface area contributed by atoms with Crippen molar-refractivity contribution in [3.63, 3.8) is 0 Å². The Bertz CT molecular complexity index is 649. The van der Waals surface area contributed by atoms with E-state index in [1.807, 2.05) is 30.3 Å². The van der Waals surface area contributed by atoms with Gasteiger partial charge in [-0.05, 0) is 12.0 Å². The number of carbonyl (C=O) groups excluding carboxylic acids is 1. The Balaban J connectivity index is 2.41. The molecule has 0 aliphatic rings. The molecule has 1 atom stereocenters. The number of rotatable bonds is 19. The lowest BCUT2D eigenvalue weighted by Crippen LogP contribution is -2.35. The number of phosphoric ester groups is 1. The number of hydrogen-bond donors (Lipinski definition) is 1. The Labute approximate surface area is 201 Å². The van der Waals surface area contributed by atoms with Crippen molar-refractivity contribution in [1.82, 2.24) is 4.90 Å². The van der Waals surface area contributed by atoms with E-state index in [1.165, 1.54) is 43.4 Å². The van der Waals surface area contributed by atoms with Gasteiger partial charge in [-0.25, -0.2) is 9.36 Å². The van der Waals surface area contributed by atoms with E-state index in [1.54, 1.807) is 0 Å². The van der Waals surface area contributed by atoms with Gasteiger partial charge in [0, 0.05) is 18.4 Å². The summed E-state index contributed by atoms with van der Waals surface area (Å²) in [6, 6.07) is 9.48. The van der Waals surface area contributed by atoms with Gasteiger partial charge < -0.3 is 14.5 Å². The van der Waals surface area contributed by atoms with Gasteiger partial charge in [0.2, 0.25) is 0 Å². The van der Waals surface area contributed by atoms with Crippen LogP contribution >= 0.6 is 23.8 Å². The van der Waals surface area contributed by atoms with Gasteiger partial charge in [0.05, 0.1) is 13.2 Å². The Hall–Kier alpha value is -0.920. The third kappa shape index (κ3) is 15.0. The predicted octanol–water partition coefficient (Wildman–Crippen LogP) is 6.68. The Morgan fingerprint density at radius 2 is 1.53 bits per heavy atom. The minimum atomic E-state index is -4.12. The predicted molar refractivity (Wildman–Crippen MR) is 131 cm³/mol. The van der Waals surface area contributed by atoms with Gasteiger partial charge in [-0.15, -0.1) is 0 Å². The van der Waals surface area contributed by atoms with Gasteiger partial charge in [-0.1, -0.05) is 105 Å². The van der Waals surface area contributed by atoms with E-state index in [-0.39, 0.29) is 26.4 Å². The fraction of sp³-hybridized carbons (Fsp3) is 0.696. The first kappa shape index (κ1) is 29.1. The second-order valence-corrected chi connectivity index (χ2v) is 9.93. The normalized spacial score (nSPS) is 13.0. The van der Waals surface area contributed by atoms with Crippen LogP contribution in [0.5, 0.6) is 0 Å². The van der Waals surface area contributed by atoms with Crippen LogP contribution in [-0.2, 0) is 25.0 Å². The van der Waals surface area contributed by atoms with Crippen molar-refractivity contribution in [2.45, 2.75) is 71.3 Å². The van der Waals surface area contributed by atoms with Crippen LogP contribution in [0.15, 0.2) is 30.3 Å². The van der Waals surface area contributed by atoms with Crippen molar-refractivity contribution < 1.29 is 28.0 Å².